The summed E-state index contributed by atoms with van der Waals surface area (Å²) < 4.78 is 32.3. The van der Waals surface area contributed by atoms with Gasteiger partial charge in [-0.1, -0.05) is 5.16 Å². The molecule has 3 rings (SSSR count). The molecule has 1 aromatic heterocycles. The molecule has 0 aliphatic heterocycles. The number of nitrogens with one attached hydrogen (secondary N) is 1. The molecule has 1 heterocycles. The highest BCUT2D eigenvalue weighted by Crippen LogP contribution is 2.27. The molecule has 0 aliphatic carbocycles. The normalized spacial score (nSPS) is 11.7. The lowest BCUT2D eigenvalue weighted by Crippen LogP contribution is -2.12. The lowest BCUT2D eigenvalue weighted by Gasteiger charge is -2.06. The third-order valence-electron chi connectivity index (χ3n) is 4.22. The highest BCUT2D eigenvalue weighted by atomic mass is 32.2. The molecule has 0 amide bonds. The first-order valence-corrected chi connectivity index (χ1v) is 10.2. The summed E-state index contributed by atoms with van der Waals surface area (Å²) in [6.07, 6.45) is -0.348. The third-order valence-corrected chi connectivity index (χ3v) is 5.56. The molecule has 0 aliphatic rings. The van der Waals surface area contributed by atoms with Crippen LogP contribution >= 0.6 is 0 Å². The van der Waals surface area contributed by atoms with Crippen LogP contribution in [0, 0.1) is 13.8 Å². The number of nitrogens with zero attached hydrogens (tertiary/aromatic N) is 3. The van der Waals surface area contributed by atoms with E-state index in [-0.39, 0.29) is 28.5 Å². The maximum absolute atomic E-state index is 12.5. The van der Waals surface area contributed by atoms with Crippen LogP contribution in [0.2, 0.25) is 0 Å². The van der Waals surface area contributed by atoms with Gasteiger partial charge in [0.25, 0.3) is 10.0 Å². The molecule has 156 valence electrons. The number of carboxylic acids is 1. The number of carbonyl (C=O) groups is 1. The standard InChI is InChI=1S/C19H18N4O6S/c1-11-12(2)22-29-19(11)23-30(27,28)16-6-3-14(4-7-16)20-21-15-5-8-17(24)13(9-15)10-18(25)26/h3-9,23-24H,10H2,1-2H3,(H,25,26). The number of aryl methyl sites for hydroxylation is 1. The first-order chi connectivity index (χ1) is 14.2. The van der Waals surface area contributed by atoms with Crippen molar-refractivity contribution in [3.63, 3.8) is 0 Å². The summed E-state index contributed by atoms with van der Waals surface area (Å²) in [5, 5.41) is 30.3. The number of phenolic OH excluding ortho intramolecular Hbond substituents is 1. The van der Waals surface area contributed by atoms with Gasteiger partial charge in [-0.25, -0.2) is 13.1 Å². The maximum Gasteiger partial charge on any atom is 0.307 e. The Morgan fingerprint density at radius 3 is 2.33 bits per heavy atom. The average Bonchev–Trinajstić information content (AvgIpc) is 3.00. The Hall–Kier alpha value is -3.73. The van der Waals surface area contributed by atoms with Gasteiger partial charge in [0.2, 0.25) is 5.88 Å². The Morgan fingerprint density at radius 1 is 1.10 bits per heavy atom. The van der Waals surface area contributed by atoms with Crippen LogP contribution in [0.25, 0.3) is 0 Å². The molecule has 3 aromatic rings. The molecule has 30 heavy (non-hydrogen) atoms. The summed E-state index contributed by atoms with van der Waals surface area (Å²) in [6, 6.07) is 9.89. The molecule has 0 atom stereocenters. The van der Waals surface area contributed by atoms with Crippen LogP contribution in [0.3, 0.4) is 0 Å². The van der Waals surface area contributed by atoms with Gasteiger partial charge < -0.3 is 14.7 Å². The molecule has 0 unspecified atom stereocenters. The highest BCUT2D eigenvalue weighted by molar-refractivity contribution is 7.92. The first-order valence-electron chi connectivity index (χ1n) is 8.67. The molecule has 0 fully saturated rings. The van der Waals surface area contributed by atoms with Gasteiger partial charge in [-0.2, -0.15) is 10.2 Å². The molecular formula is C19H18N4O6S. The monoisotopic (exact) mass is 430 g/mol. The van der Waals surface area contributed by atoms with E-state index in [0.29, 0.717) is 22.6 Å². The number of aliphatic carboxylic acids is 1. The van der Waals surface area contributed by atoms with Gasteiger partial charge in [0.1, 0.15) is 5.75 Å². The van der Waals surface area contributed by atoms with Gasteiger partial charge in [-0.3, -0.25) is 4.79 Å². The maximum atomic E-state index is 12.5. The molecule has 0 saturated carbocycles. The van der Waals surface area contributed by atoms with E-state index in [9.17, 15) is 18.3 Å². The Bertz CT molecular complexity index is 1220. The molecule has 3 N–H and O–H groups in total. The van der Waals surface area contributed by atoms with E-state index in [4.69, 9.17) is 9.63 Å². The second-order valence-electron chi connectivity index (χ2n) is 6.41. The van der Waals surface area contributed by atoms with E-state index >= 15 is 0 Å². The fourth-order valence-electron chi connectivity index (χ4n) is 2.44. The van der Waals surface area contributed by atoms with Crippen molar-refractivity contribution in [2.45, 2.75) is 25.2 Å². The van der Waals surface area contributed by atoms with Crippen LogP contribution in [0.1, 0.15) is 16.8 Å². The number of sulfonamides is 1. The zero-order valence-electron chi connectivity index (χ0n) is 16.0. The van der Waals surface area contributed by atoms with Crippen LogP contribution in [-0.2, 0) is 21.2 Å². The molecule has 2 aromatic carbocycles. The zero-order chi connectivity index (χ0) is 21.9. The number of benzene rings is 2. The van der Waals surface area contributed by atoms with Gasteiger partial charge >= 0.3 is 5.97 Å². The lowest BCUT2D eigenvalue weighted by molar-refractivity contribution is -0.136. The van der Waals surface area contributed by atoms with Crippen molar-refractivity contribution in [1.82, 2.24) is 5.16 Å². The fraction of sp³-hybridized carbons (Fsp3) is 0.158. The predicted molar refractivity (Wildman–Crippen MR) is 107 cm³/mol. The predicted octanol–water partition coefficient (Wildman–Crippen LogP) is 3.84. The molecular weight excluding hydrogens is 412 g/mol. The van der Waals surface area contributed by atoms with Crippen molar-refractivity contribution in [3.05, 3.63) is 59.3 Å². The molecule has 10 nitrogen and oxygen atoms in total. The largest absolute Gasteiger partial charge is 0.508 e. The number of rotatable bonds is 7. The smallest absolute Gasteiger partial charge is 0.307 e. The second-order valence-corrected chi connectivity index (χ2v) is 8.09. The minimum absolute atomic E-state index is 0.00304. The molecule has 0 saturated heterocycles. The topological polar surface area (TPSA) is 154 Å². The van der Waals surface area contributed by atoms with E-state index in [1.165, 1.54) is 42.5 Å². The summed E-state index contributed by atoms with van der Waals surface area (Å²) in [7, 11) is -3.87. The van der Waals surface area contributed by atoms with Crippen LogP contribution in [0.4, 0.5) is 17.3 Å². The average molecular weight is 430 g/mol. The van der Waals surface area contributed by atoms with Crippen molar-refractivity contribution < 1.29 is 27.9 Å². The van der Waals surface area contributed by atoms with E-state index in [1.807, 2.05) is 0 Å². The van der Waals surface area contributed by atoms with Crippen molar-refractivity contribution in [3.8, 4) is 5.75 Å². The SMILES string of the molecule is Cc1noc(NS(=O)(=O)c2ccc(N=Nc3ccc(O)c(CC(=O)O)c3)cc2)c1C. The van der Waals surface area contributed by atoms with Crippen molar-refractivity contribution in [1.29, 1.82) is 0 Å². The summed E-state index contributed by atoms with van der Waals surface area (Å²) >= 11 is 0. The highest BCUT2D eigenvalue weighted by Gasteiger charge is 2.19. The Kier molecular flexibility index (Phi) is 5.83. The fourth-order valence-corrected chi connectivity index (χ4v) is 3.48. The minimum atomic E-state index is -3.87. The van der Waals surface area contributed by atoms with Crippen LogP contribution < -0.4 is 4.72 Å². The minimum Gasteiger partial charge on any atom is -0.508 e. The van der Waals surface area contributed by atoms with E-state index in [0.717, 1.165) is 0 Å². The molecule has 0 radical (unpaired) electrons. The van der Waals surface area contributed by atoms with E-state index < -0.39 is 16.0 Å². The number of hydrogen-bond donors (Lipinski definition) is 3. The van der Waals surface area contributed by atoms with E-state index in [1.54, 1.807) is 13.8 Å². The Balaban J connectivity index is 1.76. The third kappa shape index (κ3) is 4.81. The number of phenols is 1. The Labute approximate surface area is 171 Å². The first kappa shape index (κ1) is 21.0. The number of carboxylic acid groups (broad SMARTS) is 1. The molecule has 11 heteroatoms. The summed E-state index contributed by atoms with van der Waals surface area (Å²) in [6.45, 7) is 3.40. The number of anilines is 1. The number of azo groups is 1. The van der Waals surface area contributed by atoms with E-state index in [2.05, 4.69) is 20.1 Å². The van der Waals surface area contributed by atoms with Gasteiger partial charge in [0, 0.05) is 11.1 Å². The number of hydrogen-bond acceptors (Lipinski definition) is 8. The van der Waals surface area contributed by atoms with Gasteiger partial charge in [0.15, 0.2) is 0 Å². The van der Waals surface area contributed by atoms with Crippen LogP contribution in [0.5, 0.6) is 5.75 Å². The second kappa shape index (κ2) is 8.33. The molecule has 0 bridgehead atoms. The summed E-state index contributed by atoms with van der Waals surface area (Å²) in [4.78, 5) is 10.8. The van der Waals surface area contributed by atoms with Gasteiger partial charge in [-0.15, -0.1) is 0 Å². The Morgan fingerprint density at radius 2 is 1.73 bits per heavy atom. The van der Waals surface area contributed by atoms with Crippen molar-refractivity contribution in [2.75, 3.05) is 4.72 Å². The molecule has 0 spiro atoms. The van der Waals surface area contributed by atoms with Crippen molar-refractivity contribution in [2.24, 2.45) is 10.2 Å². The quantitative estimate of drug-likeness (QED) is 0.481. The van der Waals surface area contributed by atoms with Crippen LogP contribution in [-0.4, -0.2) is 29.8 Å². The number of aromatic hydroxyl groups is 1. The van der Waals surface area contributed by atoms with Gasteiger partial charge in [0.05, 0.1) is 28.4 Å². The lowest BCUT2D eigenvalue weighted by atomic mass is 10.1. The zero-order valence-corrected chi connectivity index (χ0v) is 16.8. The van der Waals surface area contributed by atoms with Crippen molar-refractivity contribution >= 4 is 33.3 Å². The summed E-state index contributed by atoms with van der Waals surface area (Å²) in [5.74, 6) is -1.17. The van der Waals surface area contributed by atoms with Crippen LogP contribution in [0.15, 0.2) is 62.1 Å². The van der Waals surface area contributed by atoms with Gasteiger partial charge in [-0.05, 0) is 56.3 Å². The summed E-state index contributed by atoms with van der Waals surface area (Å²) in [5.41, 5.74) is 2.13. The number of aromatic nitrogens is 1.